The summed E-state index contributed by atoms with van der Waals surface area (Å²) in [5.74, 6) is 1.70. The fourth-order valence-corrected chi connectivity index (χ4v) is 4.89. The molecule has 0 fully saturated rings. The van der Waals surface area contributed by atoms with Gasteiger partial charge in [-0.05, 0) is 62.5 Å². The number of hydrogen-bond acceptors (Lipinski definition) is 2. The second-order valence-electron chi connectivity index (χ2n) is 10.1. The molecule has 2 heteroatoms. The first-order chi connectivity index (χ1) is 17.0. The zero-order chi connectivity index (χ0) is 24.0. The molecule has 0 spiro atoms. The highest BCUT2D eigenvalue weighted by Gasteiger charge is 2.18. The third-order valence-electron chi connectivity index (χ3n) is 6.75. The highest BCUT2D eigenvalue weighted by Crippen LogP contribution is 2.44. The molecule has 170 valence electrons. The molecule has 0 aliphatic carbocycles. The lowest BCUT2D eigenvalue weighted by Gasteiger charge is -2.20. The molecule has 6 aromatic rings. The van der Waals surface area contributed by atoms with Gasteiger partial charge < -0.3 is 4.74 Å². The second-order valence-corrected chi connectivity index (χ2v) is 10.1. The Labute approximate surface area is 205 Å². The maximum atomic E-state index is 6.61. The normalized spacial score (nSPS) is 11.9. The van der Waals surface area contributed by atoms with Gasteiger partial charge in [0.2, 0.25) is 0 Å². The Kier molecular flexibility index (Phi) is 5.04. The van der Waals surface area contributed by atoms with Gasteiger partial charge in [-0.2, -0.15) is 0 Å². The van der Waals surface area contributed by atoms with Crippen LogP contribution in [0.5, 0.6) is 11.5 Å². The predicted molar refractivity (Wildman–Crippen MR) is 147 cm³/mol. The molecule has 0 saturated carbocycles. The standard InChI is InChI=1S/C33H27NO/c1-33(2,3)25-14-16-26(17-15-25)35-32-28-11-7-6-10-27(28)31(30-21-34-19-18-29(30)32)24-13-12-22-8-4-5-9-23(22)20-24/h4-21H,1-3H3. The van der Waals surface area contributed by atoms with Crippen molar-refractivity contribution in [1.82, 2.24) is 4.98 Å². The van der Waals surface area contributed by atoms with Gasteiger partial charge in [-0.25, -0.2) is 0 Å². The zero-order valence-electron chi connectivity index (χ0n) is 20.2. The molecule has 0 amide bonds. The number of ether oxygens (including phenoxy) is 1. The maximum absolute atomic E-state index is 6.61. The van der Waals surface area contributed by atoms with Gasteiger partial charge in [-0.3, -0.25) is 4.98 Å². The van der Waals surface area contributed by atoms with Crippen molar-refractivity contribution in [2.24, 2.45) is 0 Å². The molecule has 35 heavy (non-hydrogen) atoms. The van der Waals surface area contributed by atoms with Gasteiger partial charge in [0.1, 0.15) is 11.5 Å². The van der Waals surface area contributed by atoms with Crippen LogP contribution in [0.15, 0.2) is 109 Å². The number of pyridine rings is 1. The van der Waals surface area contributed by atoms with E-state index in [1.54, 1.807) is 0 Å². The monoisotopic (exact) mass is 453 g/mol. The van der Waals surface area contributed by atoms with Crippen molar-refractivity contribution < 1.29 is 4.74 Å². The summed E-state index contributed by atoms with van der Waals surface area (Å²) in [4.78, 5) is 4.50. The molecule has 2 nitrogen and oxygen atoms in total. The first kappa shape index (κ1) is 21.4. The predicted octanol–water partition coefficient (Wildman–Crippen LogP) is 9.30. The Bertz CT molecular complexity index is 1630. The number of fused-ring (bicyclic) bond motifs is 3. The molecule has 1 aromatic heterocycles. The molecule has 0 aliphatic rings. The zero-order valence-corrected chi connectivity index (χ0v) is 20.2. The van der Waals surface area contributed by atoms with Crippen molar-refractivity contribution in [3.8, 4) is 22.6 Å². The van der Waals surface area contributed by atoms with Crippen molar-refractivity contribution in [2.45, 2.75) is 26.2 Å². The lowest BCUT2D eigenvalue weighted by molar-refractivity contribution is 0.492. The van der Waals surface area contributed by atoms with Crippen LogP contribution in [0.3, 0.4) is 0 Å². The minimum Gasteiger partial charge on any atom is -0.456 e. The van der Waals surface area contributed by atoms with Crippen LogP contribution < -0.4 is 4.74 Å². The van der Waals surface area contributed by atoms with Gasteiger partial charge in [0.25, 0.3) is 0 Å². The number of aromatic nitrogens is 1. The highest BCUT2D eigenvalue weighted by atomic mass is 16.5. The lowest BCUT2D eigenvalue weighted by atomic mass is 9.87. The number of benzene rings is 5. The molecular weight excluding hydrogens is 426 g/mol. The van der Waals surface area contributed by atoms with Gasteiger partial charge >= 0.3 is 0 Å². The van der Waals surface area contributed by atoms with Crippen LogP contribution in [0.25, 0.3) is 43.4 Å². The van der Waals surface area contributed by atoms with E-state index in [4.69, 9.17) is 4.74 Å². The minimum absolute atomic E-state index is 0.102. The van der Waals surface area contributed by atoms with Gasteiger partial charge in [-0.1, -0.05) is 93.6 Å². The van der Waals surface area contributed by atoms with E-state index in [2.05, 4.69) is 123 Å². The number of rotatable bonds is 3. The second kappa shape index (κ2) is 8.25. The lowest BCUT2D eigenvalue weighted by Crippen LogP contribution is -2.10. The van der Waals surface area contributed by atoms with Crippen LogP contribution in [0, 0.1) is 0 Å². The average molecular weight is 454 g/mol. The molecule has 0 saturated heterocycles. The quantitative estimate of drug-likeness (QED) is 0.249. The van der Waals surface area contributed by atoms with Crippen molar-refractivity contribution in [3.05, 3.63) is 115 Å². The van der Waals surface area contributed by atoms with Crippen molar-refractivity contribution in [2.75, 3.05) is 0 Å². The Balaban J connectivity index is 1.58. The summed E-state index contributed by atoms with van der Waals surface area (Å²) in [6.45, 7) is 6.67. The van der Waals surface area contributed by atoms with Crippen LogP contribution in [-0.2, 0) is 5.41 Å². The summed E-state index contributed by atoms with van der Waals surface area (Å²) in [7, 11) is 0. The van der Waals surface area contributed by atoms with Gasteiger partial charge in [-0.15, -0.1) is 0 Å². The highest BCUT2D eigenvalue weighted by molar-refractivity contribution is 6.17. The van der Waals surface area contributed by atoms with E-state index in [1.165, 1.54) is 27.5 Å². The summed E-state index contributed by atoms with van der Waals surface area (Å²) in [6.07, 6.45) is 3.80. The van der Waals surface area contributed by atoms with Gasteiger partial charge in [0.05, 0.1) is 0 Å². The first-order valence-electron chi connectivity index (χ1n) is 12.0. The van der Waals surface area contributed by atoms with E-state index in [0.717, 1.165) is 33.0 Å². The smallest absolute Gasteiger partial charge is 0.143 e. The summed E-state index contributed by atoms with van der Waals surface area (Å²) < 4.78 is 6.61. The largest absolute Gasteiger partial charge is 0.456 e. The van der Waals surface area contributed by atoms with E-state index >= 15 is 0 Å². The number of hydrogen-bond donors (Lipinski definition) is 0. The van der Waals surface area contributed by atoms with E-state index in [1.807, 2.05) is 12.4 Å². The molecule has 5 aromatic carbocycles. The molecule has 0 atom stereocenters. The van der Waals surface area contributed by atoms with Crippen molar-refractivity contribution in [3.63, 3.8) is 0 Å². The molecule has 0 N–H and O–H groups in total. The van der Waals surface area contributed by atoms with E-state index < -0.39 is 0 Å². The Hall–Kier alpha value is -4.17. The van der Waals surface area contributed by atoms with Crippen LogP contribution in [0.4, 0.5) is 0 Å². The topological polar surface area (TPSA) is 22.1 Å². The molecule has 0 bridgehead atoms. The third-order valence-corrected chi connectivity index (χ3v) is 6.75. The van der Waals surface area contributed by atoms with Gasteiger partial charge in [0.15, 0.2) is 0 Å². The Morgan fingerprint density at radius 3 is 2.09 bits per heavy atom. The van der Waals surface area contributed by atoms with Gasteiger partial charge in [0, 0.05) is 28.6 Å². The molecule has 0 unspecified atom stereocenters. The van der Waals surface area contributed by atoms with Crippen LogP contribution >= 0.6 is 0 Å². The van der Waals surface area contributed by atoms with Crippen LogP contribution in [0.2, 0.25) is 0 Å². The molecule has 0 aliphatic heterocycles. The first-order valence-corrected chi connectivity index (χ1v) is 12.0. The summed E-state index contributed by atoms with van der Waals surface area (Å²) in [5.41, 5.74) is 3.75. The van der Waals surface area contributed by atoms with Crippen molar-refractivity contribution >= 4 is 32.3 Å². The van der Waals surface area contributed by atoms with Crippen LogP contribution in [0.1, 0.15) is 26.3 Å². The summed E-state index contributed by atoms with van der Waals surface area (Å²) in [5, 5.41) is 6.86. The van der Waals surface area contributed by atoms with E-state index in [-0.39, 0.29) is 5.41 Å². The fourth-order valence-electron chi connectivity index (χ4n) is 4.89. The minimum atomic E-state index is 0.102. The maximum Gasteiger partial charge on any atom is 0.143 e. The fraction of sp³-hybridized carbons (Fsp3) is 0.121. The van der Waals surface area contributed by atoms with Crippen molar-refractivity contribution in [1.29, 1.82) is 0 Å². The number of nitrogens with zero attached hydrogens (tertiary/aromatic N) is 1. The Morgan fingerprint density at radius 2 is 1.31 bits per heavy atom. The summed E-state index contributed by atoms with van der Waals surface area (Å²) >= 11 is 0. The summed E-state index contributed by atoms with van der Waals surface area (Å²) in [6, 6.07) is 34.2. The van der Waals surface area contributed by atoms with Crippen LogP contribution in [-0.4, -0.2) is 4.98 Å². The molecule has 1 heterocycles. The molecular formula is C33H27NO. The SMILES string of the molecule is CC(C)(C)c1ccc(Oc2c3ccccc3c(-c3ccc4ccccc4c3)c3cnccc23)cc1. The molecule has 0 radical (unpaired) electrons. The third kappa shape index (κ3) is 3.81. The molecule has 6 rings (SSSR count). The Morgan fingerprint density at radius 1 is 0.629 bits per heavy atom. The van der Waals surface area contributed by atoms with E-state index in [9.17, 15) is 0 Å². The van der Waals surface area contributed by atoms with E-state index in [0.29, 0.717) is 0 Å². The average Bonchev–Trinajstić information content (AvgIpc) is 2.88.